The van der Waals surface area contributed by atoms with Gasteiger partial charge in [-0.1, -0.05) is 24.0 Å². The summed E-state index contributed by atoms with van der Waals surface area (Å²) in [7, 11) is 1.30. The second kappa shape index (κ2) is 7.74. The highest BCUT2D eigenvalue weighted by Gasteiger charge is 2.03. The van der Waals surface area contributed by atoms with Gasteiger partial charge in [0.1, 0.15) is 12.2 Å². The number of benzene rings is 1. The monoisotopic (exact) mass is 262 g/mol. The van der Waals surface area contributed by atoms with Crippen molar-refractivity contribution in [2.24, 2.45) is 5.84 Å². The zero-order chi connectivity index (χ0) is 14.1. The van der Waals surface area contributed by atoms with Crippen LogP contribution in [0.2, 0.25) is 0 Å². The summed E-state index contributed by atoms with van der Waals surface area (Å²) in [5.74, 6) is 9.98. The highest BCUT2D eigenvalue weighted by Crippen LogP contribution is 2.16. The van der Waals surface area contributed by atoms with Crippen molar-refractivity contribution in [2.45, 2.75) is 6.42 Å². The molecule has 1 aromatic carbocycles. The minimum Gasteiger partial charge on any atom is -0.482 e. The molecule has 6 heteroatoms. The Hall–Kier alpha value is -2.52. The molecule has 0 saturated heterocycles. The third-order valence-electron chi connectivity index (χ3n) is 2.09. The van der Waals surface area contributed by atoms with E-state index >= 15 is 0 Å². The lowest BCUT2D eigenvalue weighted by atomic mass is 10.2. The lowest BCUT2D eigenvalue weighted by Gasteiger charge is -2.06. The first-order chi connectivity index (χ1) is 9.17. The molecular weight excluding hydrogens is 248 g/mol. The average molecular weight is 262 g/mol. The molecule has 0 radical (unpaired) electrons. The van der Waals surface area contributed by atoms with Crippen LogP contribution in [0, 0.1) is 11.8 Å². The van der Waals surface area contributed by atoms with Crippen molar-refractivity contribution >= 4 is 11.9 Å². The summed E-state index contributed by atoms with van der Waals surface area (Å²) < 4.78 is 9.74. The van der Waals surface area contributed by atoms with Crippen molar-refractivity contribution in [1.29, 1.82) is 0 Å². The maximum Gasteiger partial charge on any atom is 0.317 e. The number of para-hydroxylation sites is 1. The van der Waals surface area contributed by atoms with Gasteiger partial charge in [0.2, 0.25) is 0 Å². The van der Waals surface area contributed by atoms with Crippen molar-refractivity contribution in [2.75, 3.05) is 13.7 Å². The first-order valence-electron chi connectivity index (χ1n) is 5.44. The number of amides is 1. The second-order valence-corrected chi connectivity index (χ2v) is 3.41. The van der Waals surface area contributed by atoms with E-state index in [0.29, 0.717) is 11.3 Å². The van der Waals surface area contributed by atoms with E-state index in [1.807, 2.05) is 5.43 Å². The van der Waals surface area contributed by atoms with Gasteiger partial charge < -0.3 is 9.47 Å². The van der Waals surface area contributed by atoms with Crippen LogP contribution in [0.25, 0.3) is 0 Å². The SMILES string of the molecule is COC(=O)CC#Cc1ccccc1OCC(=O)NN. The Bertz CT molecular complexity index is 517. The van der Waals surface area contributed by atoms with E-state index in [-0.39, 0.29) is 13.0 Å². The van der Waals surface area contributed by atoms with Gasteiger partial charge in [-0.3, -0.25) is 15.0 Å². The molecule has 0 bridgehead atoms. The largest absolute Gasteiger partial charge is 0.482 e. The molecule has 0 saturated carbocycles. The Balaban J connectivity index is 2.72. The standard InChI is InChI=1S/C13H14N2O4/c1-18-13(17)8-4-6-10-5-2-3-7-11(10)19-9-12(16)15-14/h2-3,5,7H,8-9,14H2,1H3,(H,15,16). The van der Waals surface area contributed by atoms with Crippen molar-refractivity contribution in [3.8, 4) is 17.6 Å². The quantitative estimate of drug-likeness (QED) is 0.261. The van der Waals surface area contributed by atoms with Crippen LogP contribution >= 0.6 is 0 Å². The first kappa shape index (κ1) is 14.5. The molecule has 0 heterocycles. The minimum absolute atomic E-state index is 0.00583. The highest BCUT2D eigenvalue weighted by molar-refractivity contribution is 5.77. The fourth-order valence-electron chi connectivity index (χ4n) is 1.16. The fourth-order valence-corrected chi connectivity index (χ4v) is 1.16. The van der Waals surface area contributed by atoms with Gasteiger partial charge in [-0.05, 0) is 12.1 Å². The minimum atomic E-state index is -0.447. The number of hydrogen-bond donors (Lipinski definition) is 2. The number of hydrazine groups is 1. The van der Waals surface area contributed by atoms with Gasteiger partial charge in [0.15, 0.2) is 6.61 Å². The summed E-state index contributed by atoms with van der Waals surface area (Å²) >= 11 is 0. The van der Waals surface area contributed by atoms with Crippen LogP contribution in [0.15, 0.2) is 24.3 Å². The van der Waals surface area contributed by atoms with Gasteiger partial charge >= 0.3 is 5.97 Å². The molecule has 0 aliphatic rings. The number of hydrogen-bond acceptors (Lipinski definition) is 5. The summed E-state index contributed by atoms with van der Waals surface area (Å²) in [4.78, 5) is 21.9. The molecular formula is C13H14N2O4. The molecule has 0 aliphatic carbocycles. The molecule has 0 aliphatic heterocycles. The van der Waals surface area contributed by atoms with E-state index in [1.165, 1.54) is 7.11 Å². The molecule has 3 N–H and O–H groups in total. The van der Waals surface area contributed by atoms with Crippen molar-refractivity contribution in [3.63, 3.8) is 0 Å². The number of nitrogens with one attached hydrogen (secondary N) is 1. The summed E-state index contributed by atoms with van der Waals surface area (Å²) in [6.07, 6.45) is -0.00583. The number of ether oxygens (including phenoxy) is 2. The first-order valence-corrected chi connectivity index (χ1v) is 5.44. The van der Waals surface area contributed by atoms with Gasteiger partial charge in [0.05, 0.1) is 12.7 Å². The van der Waals surface area contributed by atoms with E-state index in [1.54, 1.807) is 24.3 Å². The molecule has 1 aromatic rings. The normalized spacial score (nSPS) is 8.95. The number of carbonyl (C=O) groups is 2. The van der Waals surface area contributed by atoms with E-state index in [9.17, 15) is 9.59 Å². The third-order valence-corrected chi connectivity index (χ3v) is 2.09. The highest BCUT2D eigenvalue weighted by atomic mass is 16.5. The molecule has 100 valence electrons. The number of esters is 1. The van der Waals surface area contributed by atoms with Crippen LogP contribution < -0.4 is 16.0 Å². The summed E-state index contributed by atoms with van der Waals surface area (Å²) in [6, 6.07) is 6.92. The Morgan fingerprint density at radius 2 is 2.11 bits per heavy atom. The number of rotatable bonds is 4. The summed E-state index contributed by atoms with van der Waals surface area (Å²) in [5, 5.41) is 0. The van der Waals surface area contributed by atoms with E-state index in [0.717, 1.165) is 0 Å². The third kappa shape index (κ3) is 5.10. The zero-order valence-corrected chi connectivity index (χ0v) is 10.4. The van der Waals surface area contributed by atoms with Crippen molar-refractivity contribution in [3.05, 3.63) is 29.8 Å². The number of methoxy groups -OCH3 is 1. The van der Waals surface area contributed by atoms with E-state index in [4.69, 9.17) is 10.6 Å². The smallest absolute Gasteiger partial charge is 0.317 e. The summed E-state index contributed by atoms with van der Waals surface area (Å²) in [5.41, 5.74) is 2.54. The van der Waals surface area contributed by atoms with Gasteiger partial charge in [0, 0.05) is 0 Å². The van der Waals surface area contributed by atoms with Gasteiger partial charge in [-0.15, -0.1) is 0 Å². The van der Waals surface area contributed by atoms with Crippen LogP contribution in [-0.4, -0.2) is 25.6 Å². The van der Waals surface area contributed by atoms with Crippen LogP contribution in [0.3, 0.4) is 0 Å². The summed E-state index contributed by atoms with van der Waals surface area (Å²) in [6.45, 7) is -0.202. The molecule has 0 spiro atoms. The van der Waals surface area contributed by atoms with Crippen molar-refractivity contribution < 1.29 is 19.1 Å². The molecule has 0 aromatic heterocycles. The van der Waals surface area contributed by atoms with Crippen molar-refractivity contribution in [1.82, 2.24) is 5.43 Å². The Morgan fingerprint density at radius 1 is 1.37 bits per heavy atom. The van der Waals surface area contributed by atoms with Gasteiger partial charge in [0.25, 0.3) is 5.91 Å². The maximum absolute atomic E-state index is 11.0. The van der Waals surface area contributed by atoms with E-state index in [2.05, 4.69) is 16.6 Å². The van der Waals surface area contributed by atoms with Crippen LogP contribution in [-0.2, 0) is 14.3 Å². The molecule has 1 amide bonds. The topological polar surface area (TPSA) is 90.6 Å². The average Bonchev–Trinajstić information content (AvgIpc) is 2.45. The lowest BCUT2D eigenvalue weighted by molar-refractivity contribution is -0.139. The number of nitrogens with two attached hydrogens (primary N) is 1. The second-order valence-electron chi connectivity index (χ2n) is 3.41. The van der Waals surface area contributed by atoms with E-state index < -0.39 is 11.9 Å². The predicted octanol–water partition coefficient (Wildman–Crippen LogP) is -0.0301. The zero-order valence-electron chi connectivity index (χ0n) is 10.4. The van der Waals surface area contributed by atoms with Crippen LogP contribution in [0.5, 0.6) is 5.75 Å². The molecule has 19 heavy (non-hydrogen) atoms. The molecule has 0 fully saturated rings. The van der Waals surface area contributed by atoms with Crippen LogP contribution in [0.4, 0.5) is 0 Å². The van der Waals surface area contributed by atoms with Gasteiger partial charge in [-0.25, -0.2) is 5.84 Å². The lowest BCUT2D eigenvalue weighted by Crippen LogP contribution is -2.34. The van der Waals surface area contributed by atoms with Crippen LogP contribution in [0.1, 0.15) is 12.0 Å². The molecule has 0 unspecified atom stereocenters. The predicted molar refractivity (Wildman–Crippen MR) is 67.8 cm³/mol. The Morgan fingerprint density at radius 3 is 2.79 bits per heavy atom. The Labute approximate surface area is 110 Å². The molecule has 0 atom stereocenters. The number of carbonyl (C=O) groups excluding carboxylic acids is 2. The van der Waals surface area contributed by atoms with Gasteiger partial charge in [-0.2, -0.15) is 0 Å². The molecule has 6 nitrogen and oxygen atoms in total. The fraction of sp³-hybridized carbons (Fsp3) is 0.231. The Kier molecular flexibility index (Phi) is 5.92. The molecule has 1 rings (SSSR count). The maximum atomic E-state index is 11.0.